The van der Waals surface area contributed by atoms with Crippen LogP contribution in [0.1, 0.15) is 32.8 Å². The number of carbonyl (C=O) groups is 1. The smallest absolute Gasteiger partial charge is 0.262 e. The molecule has 0 bridgehead atoms. The fraction of sp³-hybridized carbons (Fsp3) is 0.208. The molecule has 2 heterocycles. The highest BCUT2D eigenvalue weighted by Crippen LogP contribution is 2.22. The number of ketones is 1. The molecule has 30 heavy (non-hydrogen) atoms. The first-order valence-electron chi connectivity index (χ1n) is 9.70. The maximum atomic E-state index is 13.1. The van der Waals surface area contributed by atoms with Gasteiger partial charge in [0.25, 0.3) is 5.56 Å². The third-order valence-electron chi connectivity index (χ3n) is 5.19. The number of thioether (sulfide) groups is 1. The molecule has 6 heteroatoms. The van der Waals surface area contributed by atoms with Gasteiger partial charge in [-0.1, -0.05) is 30.0 Å². The summed E-state index contributed by atoms with van der Waals surface area (Å²) in [7, 11) is 0. The summed E-state index contributed by atoms with van der Waals surface area (Å²) in [6.45, 7) is 6.26. The van der Waals surface area contributed by atoms with Crippen LogP contribution in [0.15, 0.2) is 69.2 Å². The molecule has 0 amide bonds. The minimum atomic E-state index is -0.144. The number of nitrogens with zero attached hydrogens (tertiary/aromatic N) is 2. The maximum absolute atomic E-state index is 13.1. The molecule has 0 unspecified atom stereocenters. The first kappa shape index (κ1) is 20.2. The Morgan fingerprint density at radius 3 is 2.57 bits per heavy atom. The molecule has 4 aromatic rings. The first-order valence-corrected chi connectivity index (χ1v) is 10.7. The summed E-state index contributed by atoms with van der Waals surface area (Å²) in [5.74, 6) is 0.881. The molecule has 0 radical (unpaired) electrons. The third kappa shape index (κ3) is 3.96. The summed E-state index contributed by atoms with van der Waals surface area (Å²) in [4.78, 5) is 30.7. The molecule has 0 fully saturated rings. The van der Waals surface area contributed by atoms with Gasteiger partial charge in [0, 0.05) is 5.56 Å². The lowest BCUT2D eigenvalue weighted by atomic mass is 9.99. The average Bonchev–Trinajstić information content (AvgIpc) is 3.24. The quantitative estimate of drug-likeness (QED) is 0.252. The molecular weight excluding hydrogens is 396 g/mol. The van der Waals surface area contributed by atoms with Gasteiger partial charge in [0.15, 0.2) is 10.9 Å². The first-order chi connectivity index (χ1) is 14.4. The van der Waals surface area contributed by atoms with Crippen LogP contribution in [0, 0.1) is 20.8 Å². The van der Waals surface area contributed by atoms with Gasteiger partial charge in [-0.25, -0.2) is 4.98 Å². The molecule has 0 saturated carbocycles. The highest BCUT2D eigenvalue weighted by molar-refractivity contribution is 7.99. The molecule has 0 N–H and O–H groups in total. The van der Waals surface area contributed by atoms with Crippen LogP contribution < -0.4 is 5.56 Å². The number of hydrogen-bond acceptors (Lipinski definition) is 5. The third-order valence-corrected chi connectivity index (χ3v) is 6.17. The monoisotopic (exact) mass is 418 g/mol. The number of aromatic nitrogens is 2. The van der Waals surface area contributed by atoms with Crippen molar-refractivity contribution in [2.24, 2.45) is 0 Å². The zero-order valence-corrected chi connectivity index (χ0v) is 18.0. The molecule has 0 aliphatic carbocycles. The SMILES string of the molecule is Cc1cc(C)c(C(=O)CSc2nc3ccccc3c(=O)n2Cc2ccco2)cc1C. The van der Waals surface area contributed by atoms with Gasteiger partial charge in [-0.2, -0.15) is 0 Å². The number of para-hydroxylation sites is 1. The van der Waals surface area contributed by atoms with Gasteiger partial charge in [-0.15, -0.1) is 0 Å². The largest absolute Gasteiger partial charge is 0.467 e. The van der Waals surface area contributed by atoms with Crippen molar-refractivity contribution in [1.29, 1.82) is 0 Å². The molecular formula is C24H22N2O3S. The van der Waals surface area contributed by atoms with Gasteiger partial charge in [-0.3, -0.25) is 14.2 Å². The molecule has 0 atom stereocenters. The van der Waals surface area contributed by atoms with E-state index in [-0.39, 0.29) is 23.6 Å². The van der Waals surface area contributed by atoms with Crippen LogP contribution in [0.25, 0.3) is 10.9 Å². The second-order valence-corrected chi connectivity index (χ2v) is 8.29. The molecule has 0 aliphatic heterocycles. The zero-order chi connectivity index (χ0) is 21.3. The Balaban J connectivity index is 1.68. The predicted molar refractivity (Wildman–Crippen MR) is 120 cm³/mol. The zero-order valence-electron chi connectivity index (χ0n) is 17.1. The minimum Gasteiger partial charge on any atom is -0.467 e. The molecule has 4 rings (SSSR count). The van der Waals surface area contributed by atoms with Crippen molar-refractivity contribution in [3.05, 3.63) is 93.2 Å². The lowest BCUT2D eigenvalue weighted by molar-refractivity contribution is 0.102. The van der Waals surface area contributed by atoms with Crippen molar-refractivity contribution in [2.45, 2.75) is 32.5 Å². The van der Waals surface area contributed by atoms with E-state index in [9.17, 15) is 9.59 Å². The summed E-state index contributed by atoms with van der Waals surface area (Å²) in [5, 5.41) is 1.05. The lowest BCUT2D eigenvalue weighted by Gasteiger charge is -2.13. The van der Waals surface area contributed by atoms with E-state index in [1.807, 2.05) is 57.2 Å². The van der Waals surface area contributed by atoms with Crippen molar-refractivity contribution in [3.8, 4) is 0 Å². The predicted octanol–water partition coefficient (Wildman–Crippen LogP) is 4.94. The molecule has 2 aromatic heterocycles. The van der Waals surface area contributed by atoms with Crippen molar-refractivity contribution in [3.63, 3.8) is 0 Å². The number of fused-ring (bicyclic) bond motifs is 1. The van der Waals surface area contributed by atoms with Crippen LogP contribution >= 0.6 is 11.8 Å². The summed E-state index contributed by atoms with van der Waals surface area (Å²) in [5.41, 5.74) is 4.41. The number of rotatable bonds is 6. The Morgan fingerprint density at radius 2 is 1.80 bits per heavy atom. The molecule has 0 aliphatic rings. The molecule has 2 aromatic carbocycles. The highest BCUT2D eigenvalue weighted by atomic mass is 32.2. The molecule has 152 valence electrons. The number of aryl methyl sites for hydroxylation is 3. The van der Waals surface area contributed by atoms with Crippen LogP contribution in [0.3, 0.4) is 0 Å². The minimum absolute atomic E-state index is 0.0209. The fourth-order valence-electron chi connectivity index (χ4n) is 3.42. The van der Waals surface area contributed by atoms with E-state index in [0.717, 1.165) is 11.1 Å². The summed E-state index contributed by atoms with van der Waals surface area (Å²) < 4.78 is 7.01. The Morgan fingerprint density at radius 1 is 1.03 bits per heavy atom. The Bertz CT molecular complexity index is 1290. The van der Waals surface area contributed by atoms with Gasteiger partial charge < -0.3 is 4.42 Å². The van der Waals surface area contributed by atoms with E-state index < -0.39 is 0 Å². The van der Waals surface area contributed by atoms with Crippen LogP contribution in [0.2, 0.25) is 0 Å². The molecule has 0 saturated heterocycles. The lowest BCUT2D eigenvalue weighted by Crippen LogP contribution is -2.24. The normalized spacial score (nSPS) is 11.2. The van der Waals surface area contributed by atoms with Crippen LogP contribution in [-0.2, 0) is 6.54 Å². The van der Waals surface area contributed by atoms with E-state index in [1.165, 1.54) is 17.3 Å². The van der Waals surface area contributed by atoms with Crippen molar-refractivity contribution in [1.82, 2.24) is 9.55 Å². The number of carbonyl (C=O) groups excluding carboxylic acids is 1. The number of hydrogen-bond donors (Lipinski definition) is 0. The Labute approximate surface area is 178 Å². The second-order valence-electron chi connectivity index (χ2n) is 7.35. The van der Waals surface area contributed by atoms with Crippen LogP contribution in [0.5, 0.6) is 0 Å². The van der Waals surface area contributed by atoms with Crippen molar-refractivity contribution >= 4 is 28.4 Å². The number of furan rings is 1. The number of benzene rings is 2. The van der Waals surface area contributed by atoms with Gasteiger partial charge in [0.2, 0.25) is 0 Å². The van der Waals surface area contributed by atoms with Gasteiger partial charge in [-0.05, 0) is 67.8 Å². The average molecular weight is 419 g/mol. The summed E-state index contributed by atoms with van der Waals surface area (Å²) >= 11 is 1.28. The number of Topliss-reactive ketones (excluding diaryl/α,β-unsaturated/α-hetero) is 1. The topological polar surface area (TPSA) is 65.1 Å². The van der Waals surface area contributed by atoms with E-state index in [0.29, 0.717) is 27.4 Å². The van der Waals surface area contributed by atoms with Crippen molar-refractivity contribution in [2.75, 3.05) is 5.75 Å². The Kier molecular flexibility index (Phi) is 5.59. The summed E-state index contributed by atoms with van der Waals surface area (Å²) in [6, 6.07) is 14.8. The van der Waals surface area contributed by atoms with E-state index in [1.54, 1.807) is 23.0 Å². The van der Waals surface area contributed by atoms with Gasteiger partial charge in [0.05, 0.1) is 29.5 Å². The maximum Gasteiger partial charge on any atom is 0.262 e. The standard InChI is InChI=1S/C24H22N2O3S/c1-15-11-17(3)20(12-16(15)2)22(27)14-30-24-25-21-9-5-4-8-19(21)23(28)26(24)13-18-7-6-10-29-18/h4-12H,13-14H2,1-3H3. The Hall–Kier alpha value is -3.12. The van der Waals surface area contributed by atoms with Gasteiger partial charge in [0.1, 0.15) is 5.76 Å². The van der Waals surface area contributed by atoms with Gasteiger partial charge >= 0.3 is 0 Å². The van der Waals surface area contributed by atoms with Crippen LogP contribution in [0.4, 0.5) is 0 Å². The summed E-state index contributed by atoms with van der Waals surface area (Å²) in [6.07, 6.45) is 1.58. The van der Waals surface area contributed by atoms with Crippen LogP contribution in [-0.4, -0.2) is 21.1 Å². The van der Waals surface area contributed by atoms with E-state index >= 15 is 0 Å². The fourth-order valence-corrected chi connectivity index (χ4v) is 4.31. The highest BCUT2D eigenvalue weighted by Gasteiger charge is 2.16. The second kappa shape index (κ2) is 8.32. The molecule has 0 spiro atoms. The van der Waals surface area contributed by atoms with Crippen molar-refractivity contribution < 1.29 is 9.21 Å². The molecule has 5 nitrogen and oxygen atoms in total. The van der Waals surface area contributed by atoms with E-state index in [4.69, 9.17) is 4.42 Å². The van der Waals surface area contributed by atoms with E-state index in [2.05, 4.69) is 4.98 Å².